The number of para-hydroxylation sites is 1. The molecule has 6 nitrogen and oxygen atoms in total. The largest absolute Gasteiger partial charge is 0.493 e. The van der Waals surface area contributed by atoms with Crippen LogP contribution in [0, 0.1) is 0 Å². The third-order valence-corrected chi connectivity index (χ3v) is 5.76. The van der Waals surface area contributed by atoms with Crippen LogP contribution in [0.1, 0.15) is 11.3 Å². The maximum Gasteiger partial charge on any atom is 0.229 e. The van der Waals surface area contributed by atoms with Gasteiger partial charge >= 0.3 is 0 Å². The Morgan fingerprint density at radius 2 is 1.77 bits per heavy atom. The van der Waals surface area contributed by atoms with E-state index in [-0.39, 0.29) is 12.3 Å². The third-order valence-electron chi connectivity index (χ3n) is 4.80. The highest BCUT2D eigenvalue weighted by Crippen LogP contribution is 2.32. The van der Waals surface area contributed by atoms with Crippen molar-refractivity contribution in [2.75, 3.05) is 38.2 Å². The molecule has 4 rings (SSSR count). The highest BCUT2D eigenvalue weighted by Gasteiger charge is 2.19. The maximum atomic E-state index is 12.4. The van der Waals surface area contributed by atoms with Gasteiger partial charge in [-0.2, -0.15) is 0 Å². The summed E-state index contributed by atoms with van der Waals surface area (Å²) in [5.74, 6) is 0.663. The van der Waals surface area contributed by atoms with Crippen molar-refractivity contribution < 1.29 is 14.3 Å². The van der Waals surface area contributed by atoms with Crippen LogP contribution >= 0.6 is 11.3 Å². The molecule has 1 amide bonds. The van der Waals surface area contributed by atoms with Crippen LogP contribution in [0.15, 0.2) is 60.7 Å². The van der Waals surface area contributed by atoms with Gasteiger partial charge in [0.25, 0.3) is 0 Å². The zero-order valence-electron chi connectivity index (χ0n) is 16.8. The van der Waals surface area contributed by atoms with Crippen LogP contribution in [0.25, 0.3) is 11.3 Å². The van der Waals surface area contributed by atoms with Gasteiger partial charge < -0.3 is 14.8 Å². The van der Waals surface area contributed by atoms with E-state index in [4.69, 9.17) is 14.5 Å². The van der Waals surface area contributed by atoms with Gasteiger partial charge in [0.05, 0.1) is 31.9 Å². The van der Waals surface area contributed by atoms with Crippen molar-refractivity contribution in [2.45, 2.75) is 13.0 Å². The minimum absolute atomic E-state index is 0.0998. The van der Waals surface area contributed by atoms with Gasteiger partial charge in [-0.15, -0.1) is 0 Å². The molecule has 1 saturated heterocycles. The number of anilines is 1. The van der Waals surface area contributed by atoms with Crippen molar-refractivity contribution in [3.8, 4) is 17.0 Å². The molecule has 0 bridgehead atoms. The molecule has 1 aliphatic heterocycles. The number of nitrogens with one attached hydrogen (secondary N) is 1. The number of morpholine rings is 1. The number of amides is 1. The number of benzene rings is 2. The number of aromatic nitrogens is 1. The van der Waals surface area contributed by atoms with Crippen molar-refractivity contribution in [3.05, 3.63) is 65.5 Å². The van der Waals surface area contributed by atoms with Crippen LogP contribution in [0.4, 0.5) is 5.13 Å². The first-order valence-corrected chi connectivity index (χ1v) is 10.9. The van der Waals surface area contributed by atoms with Gasteiger partial charge in [-0.25, -0.2) is 4.98 Å². The van der Waals surface area contributed by atoms with Gasteiger partial charge in [0.15, 0.2) is 5.13 Å². The van der Waals surface area contributed by atoms with Crippen LogP contribution in [-0.4, -0.2) is 48.7 Å². The van der Waals surface area contributed by atoms with Crippen LogP contribution in [-0.2, 0) is 16.1 Å². The van der Waals surface area contributed by atoms with Gasteiger partial charge in [-0.3, -0.25) is 9.69 Å². The SMILES string of the molecule is O=C(CCOc1ccccc1)Nc1nc(-c2ccccc2)c(CN2CCOCC2)s1. The Bertz CT molecular complexity index is 941. The van der Waals surface area contributed by atoms with E-state index >= 15 is 0 Å². The Hall–Kier alpha value is -2.74. The van der Waals surface area contributed by atoms with E-state index in [0.29, 0.717) is 11.7 Å². The summed E-state index contributed by atoms with van der Waals surface area (Å²) < 4.78 is 11.1. The summed E-state index contributed by atoms with van der Waals surface area (Å²) in [6.45, 7) is 4.45. The quantitative estimate of drug-likeness (QED) is 0.592. The lowest BCUT2D eigenvalue weighted by molar-refractivity contribution is -0.116. The summed E-state index contributed by atoms with van der Waals surface area (Å²) in [7, 11) is 0. The number of hydrogen-bond acceptors (Lipinski definition) is 6. The average Bonchev–Trinajstić information content (AvgIpc) is 3.17. The van der Waals surface area contributed by atoms with Crippen LogP contribution in [0.5, 0.6) is 5.75 Å². The summed E-state index contributed by atoms with van der Waals surface area (Å²) >= 11 is 1.54. The molecule has 7 heteroatoms. The minimum atomic E-state index is -0.0998. The van der Waals surface area contributed by atoms with Gasteiger partial charge in [0.2, 0.25) is 5.91 Å². The smallest absolute Gasteiger partial charge is 0.229 e. The van der Waals surface area contributed by atoms with Crippen molar-refractivity contribution in [1.82, 2.24) is 9.88 Å². The lowest BCUT2D eigenvalue weighted by Gasteiger charge is -2.26. The van der Waals surface area contributed by atoms with Crippen molar-refractivity contribution in [2.24, 2.45) is 0 Å². The summed E-state index contributed by atoms with van der Waals surface area (Å²) in [6.07, 6.45) is 0.272. The lowest BCUT2D eigenvalue weighted by atomic mass is 10.1. The second kappa shape index (κ2) is 10.3. The van der Waals surface area contributed by atoms with Crippen LogP contribution in [0.3, 0.4) is 0 Å². The first-order valence-electron chi connectivity index (χ1n) is 10.1. The molecule has 0 saturated carbocycles. The monoisotopic (exact) mass is 423 g/mol. The molecule has 0 unspecified atom stereocenters. The Balaban J connectivity index is 1.41. The Kier molecular flexibility index (Phi) is 7.07. The van der Waals surface area contributed by atoms with Crippen LogP contribution in [0.2, 0.25) is 0 Å². The van der Waals surface area contributed by atoms with E-state index in [1.54, 1.807) is 0 Å². The first kappa shape index (κ1) is 20.5. The normalized spacial score (nSPS) is 14.4. The molecule has 2 heterocycles. The highest BCUT2D eigenvalue weighted by molar-refractivity contribution is 7.16. The number of nitrogens with zero attached hydrogens (tertiary/aromatic N) is 2. The van der Waals surface area contributed by atoms with Gasteiger partial charge in [0.1, 0.15) is 5.75 Å². The molecule has 0 aliphatic carbocycles. The molecule has 1 aliphatic rings. The summed E-state index contributed by atoms with van der Waals surface area (Å²) in [5.41, 5.74) is 1.99. The van der Waals surface area contributed by atoms with E-state index < -0.39 is 0 Å². The molecule has 30 heavy (non-hydrogen) atoms. The van der Waals surface area contributed by atoms with Crippen molar-refractivity contribution >= 4 is 22.4 Å². The summed E-state index contributed by atoms with van der Waals surface area (Å²) in [4.78, 5) is 20.7. The molecular formula is C23H25N3O3S. The van der Waals surface area contributed by atoms with Crippen LogP contribution < -0.4 is 10.1 Å². The Labute approximate surface area is 180 Å². The lowest BCUT2D eigenvalue weighted by Crippen LogP contribution is -2.35. The molecule has 3 aromatic rings. The number of thiazole rings is 1. The average molecular weight is 424 g/mol. The molecule has 0 atom stereocenters. The molecule has 0 radical (unpaired) electrons. The van der Waals surface area contributed by atoms with E-state index in [9.17, 15) is 4.79 Å². The first-order chi connectivity index (χ1) is 14.8. The number of carbonyl (C=O) groups excluding carboxylic acids is 1. The van der Waals surface area contributed by atoms with Gasteiger partial charge in [-0.05, 0) is 12.1 Å². The molecule has 2 aromatic carbocycles. The molecule has 1 fully saturated rings. The second-order valence-corrected chi connectivity index (χ2v) is 8.09. The molecule has 156 valence electrons. The zero-order valence-corrected chi connectivity index (χ0v) is 17.6. The number of hydrogen-bond donors (Lipinski definition) is 1. The van der Waals surface area contributed by atoms with Crippen molar-refractivity contribution in [1.29, 1.82) is 0 Å². The minimum Gasteiger partial charge on any atom is -0.493 e. The molecule has 0 spiro atoms. The van der Waals surface area contributed by atoms with E-state index in [2.05, 4.69) is 22.3 Å². The number of rotatable bonds is 8. The van der Waals surface area contributed by atoms with Gasteiger partial charge in [-0.1, -0.05) is 59.9 Å². The Morgan fingerprint density at radius 1 is 1.07 bits per heavy atom. The van der Waals surface area contributed by atoms with E-state index in [0.717, 1.165) is 54.7 Å². The predicted molar refractivity (Wildman–Crippen MR) is 119 cm³/mol. The fourth-order valence-electron chi connectivity index (χ4n) is 3.26. The Morgan fingerprint density at radius 3 is 2.50 bits per heavy atom. The fourth-order valence-corrected chi connectivity index (χ4v) is 4.30. The third kappa shape index (κ3) is 5.66. The fraction of sp³-hybridized carbons (Fsp3) is 0.304. The number of ether oxygens (including phenoxy) is 2. The standard InChI is InChI=1S/C23H25N3O3S/c27-21(11-14-29-19-9-5-2-6-10-19)24-23-25-22(18-7-3-1-4-8-18)20(30-23)17-26-12-15-28-16-13-26/h1-10H,11-17H2,(H,24,25,27). The topological polar surface area (TPSA) is 63.7 Å². The highest BCUT2D eigenvalue weighted by atomic mass is 32.1. The van der Waals surface area contributed by atoms with Crippen molar-refractivity contribution in [3.63, 3.8) is 0 Å². The molecular weight excluding hydrogens is 398 g/mol. The summed E-state index contributed by atoms with van der Waals surface area (Å²) in [5, 5.41) is 3.57. The zero-order chi connectivity index (χ0) is 20.6. The number of carbonyl (C=O) groups is 1. The molecule has 1 aromatic heterocycles. The summed E-state index contributed by atoms with van der Waals surface area (Å²) in [6, 6.07) is 19.6. The molecule has 1 N–H and O–H groups in total. The van der Waals surface area contributed by atoms with E-state index in [1.807, 2.05) is 48.5 Å². The maximum absolute atomic E-state index is 12.4. The van der Waals surface area contributed by atoms with E-state index in [1.165, 1.54) is 11.3 Å². The predicted octanol–water partition coefficient (Wildman–Crippen LogP) is 4.05. The van der Waals surface area contributed by atoms with Gasteiger partial charge in [0, 0.05) is 30.1 Å². The second-order valence-electron chi connectivity index (χ2n) is 7.01.